The minimum absolute atomic E-state index is 0.195. The number of benzene rings is 2. The lowest BCUT2D eigenvalue weighted by Gasteiger charge is -2.35. The van der Waals surface area contributed by atoms with Crippen LogP contribution in [0, 0.1) is 6.92 Å². The van der Waals surface area contributed by atoms with E-state index in [0.717, 1.165) is 22.8 Å². The molecule has 0 unspecified atom stereocenters. The van der Waals surface area contributed by atoms with E-state index < -0.39 is 5.97 Å². The molecule has 1 amide bonds. The lowest BCUT2D eigenvalue weighted by molar-refractivity contribution is -0.134. The Bertz CT molecular complexity index is 1310. The molecule has 8 nitrogen and oxygen atoms in total. The molecule has 3 heterocycles. The molecule has 2 aromatic heterocycles. The number of aromatic nitrogens is 3. The van der Waals surface area contributed by atoms with Gasteiger partial charge in [-0.1, -0.05) is 24.3 Å². The molecule has 0 N–H and O–H groups in total. The van der Waals surface area contributed by atoms with Gasteiger partial charge in [-0.05, 0) is 49.4 Å². The second kappa shape index (κ2) is 9.35. The summed E-state index contributed by atoms with van der Waals surface area (Å²) in [6, 6.07) is 21.0. The molecule has 1 aliphatic rings. The van der Waals surface area contributed by atoms with Crippen LogP contribution in [-0.4, -0.2) is 64.1 Å². The summed E-state index contributed by atoms with van der Waals surface area (Å²) in [7, 11) is 0. The van der Waals surface area contributed by atoms with Crippen LogP contribution in [0.5, 0.6) is 0 Å². The number of aryl methyl sites for hydroxylation is 1. The van der Waals surface area contributed by atoms with Crippen molar-refractivity contribution in [1.82, 2.24) is 19.4 Å². The van der Waals surface area contributed by atoms with Crippen molar-refractivity contribution in [1.29, 1.82) is 0 Å². The predicted molar refractivity (Wildman–Crippen MR) is 129 cm³/mol. The number of piperazine rings is 1. The number of carbonyl (C=O) groups is 2. The lowest BCUT2D eigenvalue weighted by Crippen LogP contribution is -2.50. The van der Waals surface area contributed by atoms with Crippen LogP contribution < -0.4 is 4.90 Å². The van der Waals surface area contributed by atoms with E-state index in [1.807, 2.05) is 66.1 Å². The second-order valence-corrected chi connectivity index (χ2v) is 8.17. The quantitative estimate of drug-likeness (QED) is 0.430. The molecule has 172 valence electrons. The summed E-state index contributed by atoms with van der Waals surface area (Å²) in [5.41, 5.74) is 2.99. The molecule has 0 aliphatic carbocycles. The van der Waals surface area contributed by atoms with E-state index in [1.54, 1.807) is 23.2 Å². The van der Waals surface area contributed by atoms with Gasteiger partial charge in [-0.2, -0.15) is 0 Å². The Kier molecular flexibility index (Phi) is 5.95. The number of imidazole rings is 1. The fraction of sp³-hybridized carbons (Fsp3) is 0.231. The number of rotatable bonds is 5. The largest absolute Gasteiger partial charge is 0.452 e. The van der Waals surface area contributed by atoms with Gasteiger partial charge in [-0.25, -0.2) is 14.8 Å². The summed E-state index contributed by atoms with van der Waals surface area (Å²) in [6.07, 6.45) is 1.76. The molecule has 0 atom stereocenters. The number of ether oxygens (including phenoxy) is 1. The highest BCUT2D eigenvalue weighted by atomic mass is 16.5. The Morgan fingerprint density at radius 1 is 0.941 bits per heavy atom. The monoisotopic (exact) mass is 455 g/mol. The number of anilines is 1. The summed E-state index contributed by atoms with van der Waals surface area (Å²) >= 11 is 0. The number of nitrogens with zero attached hydrogens (tertiary/aromatic N) is 5. The minimum Gasteiger partial charge on any atom is -0.452 e. The van der Waals surface area contributed by atoms with Gasteiger partial charge >= 0.3 is 5.97 Å². The van der Waals surface area contributed by atoms with Crippen molar-refractivity contribution in [2.24, 2.45) is 0 Å². The highest BCUT2D eigenvalue weighted by molar-refractivity contribution is 5.95. The normalized spacial score (nSPS) is 13.8. The van der Waals surface area contributed by atoms with Crippen LogP contribution in [0.3, 0.4) is 0 Å². The summed E-state index contributed by atoms with van der Waals surface area (Å²) < 4.78 is 7.37. The highest BCUT2D eigenvalue weighted by Crippen LogP contribution is 2.22. The van der Waals surface area contributed by atoms with Crippen LogP contribution in [0.15, 0.2) is 72.9 Å². The molecule has 8 heteroatoms. The Balaban J connectivity index is 1.20. The van der Waals surface area contributed by atoms with E-state index in [2.05, 4.69) is 14.9 Å². The molecule has 0 bridgehead atoms. The van der Waals surface area contributed by atoms with Crippen molar-refractivity contribution in [3.63, 3.8) is 0 Å². The van der Waals surface area contributed by atoms with Gasteiger partial charge < -0.3 is 14.5 Å². The van der Waals surface area contributed by atoms with Gasteiger partial charge in [0.1, 0.15) is 11.6 Å². The van der Waals surface area contributed by atoms with Gasteiger partial charge in [0.05, 0.1) is 16.6 Å². The number of amides is 1. The van der Waals surface area contributed by atoms with Crippen LogP contribution in [0.1, 0.15) is 16.2 Å². The standard InChI is InChI=1S/C26H25N5O3/c1-19-28-22-17-20(10-11-23(22)31(19)21-7-3-2-4-8-21)26(33)34-18-25(32)30-15-13-29(14-16-30)24-9-5-6-12-27-24/h2-12,17H,13-16,18H2,1H3. The van der Waals surface area contributed by atoms with Crippen molar-refractivity contribution in [2.45, 2.75) is 6.92 Å². The number of para-hydroxylation sites is 1. The number of carbonyl (C=O) groups excluding carboxylic acids is 2. The average molecular weight is 456 g/mol. The SMILES string of the molecule is Cc1nc2cc(C(=O)OCC(=O)N3CCN(c4ccccn4)CC3)ccc2n1-c1ccccc1. The van der Waals surface area contributed by atoms with E-state index in [-0.39, 0.29) is 12.5 Å². The maximum absolute atomic E-state index is 12.6. The van der Waals surface area contributed by atoms with Gasteiger partial charge in [-0.15, -0.1) is 0 Å². The summed E-state index contributed by atoms with van der Waals surface area (Å²) in [5.74, 6) is 1.00. The molecule has 0 spiro atoms. The number of hydrogen-bond acceptors (Lipinski definition) is 6. The molecule has 34 heavy (non-hydrogen) atoms. The first-order chi connectivity index (χ1) is 16.6. The van der Waals surface area contributed by atoms with Crippen molar-refractivity contribution < 1.29 is 14.3 Å². The molecular weight excluding hydrogens is 430 g/mol. The molecule has 0 radical (unpaired) electrons. The zero-order valence-electron chi connectivity index (χ0n) is 18.9. The van der Waals surface area contributed by atoms with Gasteiger partial charge in [0.2, 0.25) is 0 Å². The van der Waals surface area contributed by atoms with E-state index in [4.69, 9.17) is 4.74 Å². The van der Waals surface area contributed by atoms with Crippen LogP contribution >= 0.6 is 0 Å². The number of fused-ring (bicyclic) bond motifs is 1. The van der Waals surface area contributed by atoms with Crippen LogP contribution in [0.2, 0.25) is 0 Å². The van der Waals surface area contributed by atoms with Crippen LogP contribution in [-0.2, 0) is 9.53 Å². The Morgan fingerprint density at radius 3 is 2.44 bits per heavy atom. The Morgan fingerprint density at radius 2 is 1.71 bits per heavy atom. The van der Waals surface area contributed by atoms with E-state index in [9.17, 15) is 9.59 Å². The molecule has 5 rings (SSSR count). The fourth-order valence-corrected chi connectivity index (χ4v) is 4.26. The molecule has 0 saturated carbocycles. The first-order valence-electron chi connectivity index (χ1n) is 11.3. The molecule has 1 saturated heterocycles. The second-order valence-electron chi connectivity index (χ2n) is 8.17. The number of esters is 1. The number of pyridine rings is 1. The van der Waals surface area contributed by atoms with Crippen molar-refractivity contribution in [3.8, 4) is 5.69 Å². The molecule has 2 aromatic carbocycles. The third-order valence-corrected chi connectivity index (χ3v) is 6.00. The topological polar surface area (TPSA) is 80.6 Å². The average Bonchev–Trinajstić information content (AvgIpc) is 3.23. The van der Waals surface area contributed by atoms with Crippen molar-refractivity contribution in [2.75, 3.05) is 37.7 Å². The third kappa shape index (κ3) is 4.34. The fourth-order valence-electron chi connectivity index (χ4n) is 4.26. The van der Waals surface area contributed by atoms with Gasteiger partial charge in [-0.3, -0.25) is 9.36 Å². The van der Waals surface area contributed by atoms with Gasteiger partial charge in [0, 0.05) is 38.1 Å². The van der Waals surface area contributed by atoms with Gasteiger partial charge in [0.15, 0.2) is 6.61 Å². The maximum Gasteiger partial charge on any atom is 0.338 e. The zero-order valence-corrected chi connectivity index (χ0v) is 18.9. The van der Waals surface area contributed by atoms with Crippen LogP contribution in [0.4, 0.5) is 5.82 Å². The zero-order chi connectivity index (χ0) is 23.5. The van der Waals surface area contributed by atoms with Crippen molar-refractivity contribution >= 4 is 28.7 Å². The lowest BCUT2D eigenvalue weighted by atomic mass is 10.2. The number of hydrogen-bond donors (Lipinski definition) is 0. The Labute approximate surface area is 197 Å². The third-order valence-electron chi connectivity index (χ3n) is 6.00. The predicted octanol–water partition coefficient (Wildman–Crippen LogP) is 3.23. The smallest absolute Gasteiger partial charge is 0.338 e. The van der Waals surface area contributed by atoms with Crippen LogP contribution in [0.25, 0.3) is 16.7 Å². The first-order valence-corrected chi connectivity index (χ1v) is 11.3. The van der Waals surface area contributed by atoms with E-state index in [0.29, 0.717) is 37.3 Å². The maximum atomic E-state index is 12.6. The minimum atomic E-state index is -0.533. The van der Waals surface area contributed by atoms with Gasteiger partial charge in [0.25, 0.3) is 5.91 Å². The summed E-state index contributed by atoms with van der Waals surface area (Å²) in [4.78, 5) is 38.0. The molecule has 4 aromatic rings. The van der Waals surface area contributed by atoms with E-state index >= 15 is 0 Å². The van der Waals surface area contributed by atoms with E-state index in [1.165, 1.54) is 0 Å². The molecule has 1 aliphatic heterocycles. The highest BCUT2D eigenvalue weighted by Gasteiger charge is 2.23. The summed E-state index contributed by atoms with van der Waals surface area (Å²) in [6.45, 7) is 4.16. The first kappa shape index (κ1) is 21.6. The molecular formula is C26H25N5O3. The molecule has 1 fully saturated rings. The summed E-state index contributed by atoms with van der Waals surface area (Å²) in [5, 5.41) is 0. The van der Waals surface area contributed by atoms with Crippen molar-refractivity contribution in [3.05, 3.63) is 84.3 Å². The Hall–Kier alpha value is -4.20.